The van der Waals surface area contributed by atoms with Gasteiger partial charge in [-0.05, 0) is 17.7 Å². The number of hydrogen-bond acceptors (Lipinski definition) is 5. The number of carbonyl (C=O) groups excluding carboxylic acids is 2. The Hall–Kier alpha value is -3.35. The summed E-state index contributed by atoms with van der Waals surface area (Å²) in [7, 11) is 1.45. The smallest absolute Gasteiger partial charge is 0.259 e. The summed E-state index contributed by atoms with van der Waals surface area (Å²) in [6.07, 6.45) is 1.73. The number of hydrazone groups is 1. The number of ether oxygens (including phenoxy) is 1. The van der Waals surface area contributed by atoms with Crippen molar-refractivity contribution in [2.45, 2.75) is 12.3 Å². The molecule has 2 N–H and O–H groups in total. The van der Waals surface area contributed by atoms with E-state index in [1.54, 1.807) is 18.2 Å². The molecule has 0 aliphatic carbocycles. The van der Waals surface area contributed by atoms with E-state index < -0.39 is 5.91 Å². The number of nitrogens with one attached hydrogen (secondary N) is 1. The van der Waals surface area contributed by atoms with Crippen LogP contribution in [0.3, 0.4) is 0 Å². The van der Waals surface area contributed by atoms with E-state index in [1.807, 2.05) is 30.3 Å². The van der Waals surface area contributed by atoms with Crippen LogP contribution in [0.25, 0.3) is 0 Å². The predicted octanol–water partition coefficient (Wildman–Crippen LogP) is 1.87. The first-order valence-electron chi connectivity index (χ1n) is 8.59. The highest BCUT2D eigenvalue weighted by Gasteiger charge is 2.31. The standard InChI is InChI=1S/C20H21N3O4/c1-27-17-9-5-8-15(20(17)26)11-21-22-18(24)13-23-12-16(10-19(23)25)14-6-3-2-4-7-14/h2-9,11,16,26H,10,12-13H2,1H3,(H,22,24)/b21-11+/t16-/m1/s1. The lowest BCUT2D eigenvalue weighted by molar-refractivity contribution is -0.133. The van der Waals surface area contributed by atoms with Gasteiger partial charge in [0.05, 0.1) is 13.3 Å². The Bertz CT molecular complexity index is 852. The minimum atomic E-state index is -0.393. The summed E-state index contributed by atoms with van der Waals surface area (Å²) in [6, 6.07) is 14.8. The van der Waals surface area contributed by atoms with Crippen molar-refractivity contribution in [1.82, 2.24) is 10.3 Å². The molecule has 0 unspecified atom stereocenters. The molecule has 1 aliphatic heterocycles. The molecule has 27 heavy (non-hydrogen) atoms. The maximum absolute atomic E-state index is 12.2. The fourth-order valence-electron chi connectivity index (χ4n) is 3.06. The van der Waals surface area contributed by atoms with Crippen molar-refractivity contribution < 1.29 is 19.4 Å². The van der Waals surface area contributed by atoms with E-state index in [4.69, 9.17) is 4.74 Å². The van der Waals surface area contributed by atoms with E-state index in [1.165, 1.54) is 18.2 Å². The van der Waals surface area contributed by atoms with E-state index >= 15 is 0 Å². The molecule has 7 heteroatoms. The molecule has 2 aromatic rings. The summed E-state index contributed by atoms with van der Waals surface area (Å²) in [5.74, 6) is -0.0776. The van der Waals surface area contributed by atoms with Crippen LogP contribution >= 0.6 is 0 Å². The van der Waals surface area contributed by atoms with Gasteiger partial charge >= 0.3 is 0 Å². The number of phenols is 1. The molecule has 1 atom stereocenters. The number of likely N-dealkylation sites (tertiary alicyclic amines) is 1. The van der Waals surface area contributed by atoms with E-state index in [2.05, 4.69) is 10.5 Å². The maximum Gasteiger partial charge on any atom is 0.259 e. The highest BCUT2D eigenvalue weighted by Crippen LogP contribution is 2.28. The van der Waals surface area contributed by atoms with Crippen molar-refractivity contribution >= 4 is 18.0 Å². The quantitative estimate of drug-likeness (QED) is 0.602. The molecule has 1 heterocycles. The Morgan fingerprint density at radius 2 is 2.07 bits per heavy atom. The van der Waals surface area contributed by atoms with Crippen LogP contribution in [0.2, 0.25) is 0 Å². The van der Waals surface area contributed by atoms with Gasteiger partial charge in [-0.3, -0.25) is 9.59 Å². The number of hydrogen-bond donors (Lipinski definition) is 2. The van der Waals surface area contributed by atoms with E-state index in [9.17, 15) is 14.7 Å². The van der Waals surface area contributed by atoms with Gasteiger partial charge in [0.2, 0.25) is 5.91 Å². The second-order valence-corrected chi connectivity index (χ2v) is 6.28. The number of nitrogens with zero attached hydrogens (tertiary/aromatic N) is 2. The number of rotatable bonds is 6. The number of phenolic OH excluding ortho intramolecular Hbond substituents is 1. The first kappa shape index (κ1) is 18.4. The first-order valence-corrected chi connectivity index (χ1v) is 8.59. The van der Waals surface area contributed by atoms with Crippen LogP contribution < -0.4 is 10.2 Å². The highest BCUT2D eigenvalue weighted by molar-refractivity contribution is 5.88. The average Bonchev–Trinajstić information content (AvgIpc) is 3.04. The third-order valence-corrected chi connectivity index (χ3v) is 4.46. The molecular weight excluding hydrogens is 346 g/mol. The Morgan fingerprint density at radius 3 is 2.81 bits per heavy atom. The number of methoxy groups -OCH3 is 1. The van der Waals surface area contributed by atoms with Gasteiger partial charge in [0.15, 0.2) is 11.5 Å². The summed E-state index contributed by atoms with van der Waals surface area (Å²) >= 11 is 0. The van der Waals surface area contributed by atoms with Gasteiger partial charge in [-0.1, -0.05) is 36.4 Å². The summed E-state index contributed by atoms with van der Waals surface area (Å²) in [6.45, 7) is 0.459. The van der Waals surface area contributed by atoms with Crippen molar-refractivity contribution in [3.05, 3.63) is 59.7 Å². The van der Waals surface area contributed by atoms with Crippen LogP contribution in [0.1, 0.15) is 23.5 Å². The lowest BCUT2D eigenvalue weighted by Crippen LogP contribution is -2.36. The summed E-state index contributed by atoms with van der Waals surface area (Å²) in [4.78, 5) is 25.8. The first-order chi connectivity index (χ1) is 13.1. The molecule has 1 saturated heterocycles. The maximum atomic E-state index is 12.2. The summed E-state index contributed by atoms with van der Waals surface area (Å²) < 4.78 is 5.02. The number of benzene rings is 2. The fraction of sp³-hybridized carbons (Fsp3) is 0.250. The molecule has 1 fully saturated rings. The minimum absolute atomic E-state index is 0.0478. The van der Waals surface area contributed by atoms with Gasteiger partial charge in [0.25, 0.3) is 5.91 Å². The molecule has 0 aromatic heterocycles. The SMILES string of the molecule is COc1cccc(/C=N/NC(=O)CN2C[C@H](c3ccccc3)CC2=O)c1O. The van der Waals surface area contributed by atoms with Gasteiger partial charge in [0, 0.05) is 24.4 Å². The summed E-state index contributed by atoms with van der Waals surface area (Å²) in [5.41, 5.74) is 3.89. The topological polar surface area (TPSA) is 91.2 Å². The monoisotopic (exact) mass is 367 g/mol. The molecule has 1 aliphatic rings. The van der Waals surface area contributed by atoms with Crippen LogP contribution in [0.4, 0.5) is 0 Å². The van der Waals surface area contributed by atoms with Gasteiger partial charge in [0.1, 0.15) is 6.54 Å². The summed E-state index contributed by atoms with van der Waals surface area (Å²) in [5, 5.41) is 13.8. The lowest BCUT2D eigenvalue weighted by Gasteiger charge is -2.15. The van der Waals surface area contributed by atoms with Crippen molar-refractivity contribution in [3.63, 3.8) is 0 Å². The van der Waals surface area contributed by atoms with Crippen molar-refractivity contribution in [2.75, 3.05) is 20.2 Å². The lowest BCUT2D eigenvalue weighted by atomic mass is 9.99. The van der Waals surface area contributed by atoms with Gasteiger partial charge in [-0.15, -0.1) is 0 Å². The predicted molar refractivity (Wildman–Crippen MR) is 101 cm³/mol. The van der Waals surface area contributed by atoms with Crippen molar-refractivity contribution in [2.24, 2.45) is 5.10 Å². The Balaban J connectivity index is 1.54. The highest BCUT2D eigenvalue weighted by atomic mass is 16.5. The van der Waals surface area contributed by atoms with Gasteiger partial charge < -0.3 is 14.7 Å². The molecule has 0 bridgehead atoms. The fourth-order valence-corrected chi connectivity index (χ4v) is 3.06. The second-order valence-electron chi connectivity index (χ2n) is 6.28. The molecule has 2 amide bonds. The Kier molecular flexibility index (Phi) is 5.71. The van der Waals surface area contributed by atoms with Crippen LogP contribution in [0, 0.1) is 0 Å². The van der Waals surface area contributed by atoms with Crippen LogP contribution in [-0.2, 0) is 9.59 Å². The molecule has 0 saturated carbocycles. The number of amides is 2. The molecular formula is C20H21N3O4. The molecule has 3 rings (SSSR count). The van der Waals surface area contributed by atoms with Crippen LogP contribution in [-0.4, -0.2) is 48.2 Å². The molecule has 0 spiro atoms. The molecule has 7 nitrogen and oxygen atoms in total. The van der Waals surface area contributed by atoms with Crippen molar-refractivity contribution in [1.29, 1.82) is 0 Å². The third-order valence-electron chi connectivity index (χ3n) is 4.46. The molecule has 0 radical (unpaired) electrons. The van der Waals surface area contributed by atoms with E-state index in [0.29, 0.717) is 24.3 Å². The Morgan fingerprint density at radius 1 is 1.30 bits per heavy atom. The van der Waals surface area contributed by atoms with Gasteiger partial charge in [-0.25, -0.2) is 5.43 Å². The molecule has 140 valence electrons. The van der Waals surface area contributed by atoms with Crippen molar-refractivity contribution in [3.8, 4) is 11.5 Å². The van der Waals surface area contributed by atoms with Crippen LogP contribution in [0.5, 0.6) is 11.5 Å². The average molecular weight is 367 g/mol. The van der Waals surface area contributed by atoms with E-state index in [0.717, 1.165) is 5.56 Å². The zero-order valence-electron chi connectivity index (χ0n) is 15.0. The second kappa shape index (κ2) is 8.35. The van der Waals surface area contributed by atoms with E-state index in [-0.39, 0.29) is 24.1 Å². The zero-order valence-corrected chi connectivity index (χ0v) is 15.0. The minimum Gasteiger partial charge on any atom is -0.504 e. The Labute approximate surface area is 157 Å². The number of aromatic hydroxyl groups is 1. The number of carbonyl (C=O) groups is 2. The van der Waals surface area contributed by atoms with Gasteiger partial charge in [-0.2, -0.15) is 5.10 Å². The normalized spacial score (nSPS) is 16.7. The largest absolute Gasteiger partial charge is 0.504 e. The zero-order chi connectivity index (χ0) is 19.2. The molecule has 2 aromatic carbocycles. The third kappa shape index (κ3) is 4.44. The number of para-hydroxylation sites is 1. The van der Waals surface area contributed by atoms with Crippen LogP contribution in [0.15, 0.2) is 53.6 Å².